The van der Waals surface area contributed by atoms with Gasteiger partial charge in [-0.05, 0) is 12.1 Å². The van der Waals surface area contributed by atoms with Crippen molar-refractivity contribution in [3.63, 3.8) is 0 Å². The summed E-state index contributed by atoms with van der Waals surface area (Å²) in [5.74, 6) is 5.33. The van der Waals surface area contributed by atoms with E-state index in [4.69, 9.17) is 22.2 Å². The van der Waals surface area contributed by atoms with Gasteiger partial charge >= 0.3 is 0 Å². The van der Waals surface area contributed by atoms with E-state index in [2.05, 4.69) is 15.8 Å². The van der Waals surface area contributed by atoms with Gasteiger partial charge in [-0.2, -0.15) is 0 Å². The molecule has 7 nitrogen and oxygen atoms in total. The summed E-state index contributed by atoms with van der Waals surface area (Å²) in [5, 5.41) is 2.01. The molecule has 1 aliphatic heterocycles. The molecule has 98 valence electrons. The maximum absolute atomic E-state index is 12.0. The Bertz CT molecular complexity index is 436. The summed E-state index contributed by atoms with van der Waals surface area (Å²) >= 11 is 5.80. The number of aromatic nitrogens is 1. The van der Waals surface area contributed by atoms with E-state index < -0.39 is 0 Å². The van der Waals surface area contributed by atoms with Gasteiger partial charge in [-0.1, -0.05) is 11.6 Å². The number of nitrogens with zero attached hydrogens (tertiary/aromatic N) is 2. The van der Waals surface area contributed by atoms with Crippen LogP contribution in [-0.4, -0.2) is 42.2 Å². The molecule has 0 atom stereocenters. The van der Waals surface area contributed by atoms with Gasteiger partial charge in [-0.15, -0.1) is 0 Å². The third kappa shape index (κ3) is 3.30. The molecule has 2 rings (SSSR count). The third-order valence-electron chi connectivity index (χ3n) is 2.47. The van der Waals surface area contributed by atoms with Crippen LogP contribution in [0.25, 0.3) is 0 Å². The lowest BCUT2D eigenvalue weighted by Crippen LogP contribution is -2.48. The Kier molecular flexibility index (Phi) is 4.32. The quantitative estimate of drug-likeness (QED) is 0.407. The molecule has 0 unspecified atom stereocenters. The van der Waals surface area contributed by atoms with Gasteiger partial charge in [0.05, 0.1) is 13.2 Å². The maximum atomic E-state index is 12.0. The van der Waals surface area contributed by atoms with Crippen LogP contribution in [0.15, 0.2) is 12.1 Å². The minimum absolute atomic E-state index is 0.206. The smallest absolute Gasteiger partial charge is 0.265 e. The molecule has 0 radical (unpaired) electrons. The lowest BCUT2D eigenvalue weighted by atomic mass is 10.2. The first-order valence-electron chi connectivity index (χ1n) is 5.47. The Morgan fingerprint density at radius 3 is 2.83 bits per heavy atom. The average Bonchev–Trinajstić information content (AvgIpc) is 2.39. The molecule has 0 bridgehead atoms. The Morgan fingerprint density at radius 1 is 1.44 bits per heavy atom. The van der Waals surface area contributed by atoms with Crippen LogP contribution in [0, 0.1) is 0 Å². The highest BCUT2D eigenvalue weighted by Gasteiger charge is 2.15. The Balaban J connectivity index is 2.05. The molecular weight excluding hydrogens is 258 g/mol. The zero-order valence-electron chi connectivity index (χ0n) is 9.65. The first kappa shape index (κ1) is 13.0. The van der Waals surface area contributed by atoms with Gasteiger partial charge in [0, 0.05) is 18.7 Å². The summed E-state index contributed by atoms with van der Waals surface area (Å²) in [7, 11) is 0. The summed E-state index contributed by atoms with van der Waals surface area (Å²) in [6.07, 6.45) is 0. The number of carbonyl (C=O) groups is 1. The molecule has 0 aliphatic carbocycles. The molecule has 4 N–H and O–H groups in total. The number of pyridine rings is 1. The third-order valence-corrected chi connectivity index (χ3v) is 2.67. The normalized spacial score (nSPS) is 16.3. The second-order valence-electron chi connectivity index (χ2n) is 3.75. The first-order valence-corrected chi connectivity index (χ1v) is 5.85. The standard InChI is InChI=1S/C10H14ClN5O2/c11-8-5-7(6-9(13-8)14-12)10(17)15-16-1-3-18-4-2-16/h5-6H,1-4,12H2,(H,13,14)(H,15,17). The predicted molar refractivity (Wildman–Crippen MR) is 66.9 cm³/mol. The lowest BCUT2D eigenvalue weighted by Gasteiger charge is -2.26. The number of nitrogens with one attached hydrogen (secondary N) is 2. The highest BCUT2D eigenvalue weighted by Crippen LogP contribution is 2.13. The minimum Gasteiger partial charge on any atom is -0.379 e. The van der Waals surface area contributed by atoms with E-state index in [0.717, 1.165) is 0 Å². The summed E-state index contributed by atoms with van der Waals surface area (Å²) in [6, 6.07) is 3.01. The predicted octanol–water partition coefficient (Wildman–Crippen LogP) is -0.00240. The van der Waals surface area contributed by atoms with Crippen LogP contribution in [0.1, 0.15) is 10.4 Å². The van der Waals surface area contributed by atoms with E-state index in [1.807, 2.05) is 0 Å². The van der Waals surface area contributed by atoms with Gasteiger partial charge < -0.3 is 10.2 Å². The Labute approximate surface area is 109 Å². The van der Waals surface area contributed by atoms with Crippen LogP contribution in [0.5, 0.6) is 0 Å². The van der Waals surface area contributed by atoms with E-state index in [9.17, 15) is 4.79 Å². The SMILES string of the molecule is NNc1cc(C(=O)NN2CCOCC2)cc(Cl)n1. The van der Waals surface area contributed by atoms with Gasteiger partial charge in [0.1, 0.15) is 11.0 Å². The highest BCUT2D eigenvalue weighted by atomic mass is 35.5. The number of rotatable bonds is 3. The number of halogens is 1. The number of carbonyl (C=O) groups excluding carboxylic acids is 1. The van der Waals surface area contributed by atoms with Crippen LogP contribution in [0.4, 0.5) is 5.82 Å². The van der Waals surface area contributed by atoms with E-state index in [1.54, 1.807) is 5.01 Å². The number of anilines is 1. The monoisotopic (exact) mass is 271 g/mol. The maximum Gasteiger partial charge on any atom is 0.265 e. The van der Waals surface area contributed by atoms with E-state index in [1.165, 1.54) is 12.1 Å². The number of hydrogen-bond donors (Lipinski definition) is 3. The number of nitrogens with two attached hydrogens (primary N) is 1. The summed E-state index contributed by atoms with van der Waals surface area (Å²) in [4.78, 5) is 15.9. The summed E-state index contributed by atoms with van der Waals surface area (Å²) in [5.41, 5.74) is 5.53. The van der Waals surface area contributed by atoms with Crippen LogP contribution in [0.2, 0.25) is 5.15 Å². The second-order valence-corrected chi connectivity index (χ2v) is 4.14. The number of nitrogen functional groups attached to an aromatic ring is 1. The average molecular weight is 272 g/mol. The van der Waals surface area contributed by atoms with Gasteiger partial charge in [0.15, 0.2) is 0 Å². The van der Waals surface area contributed by atoms with E-state index >= 15 is 0 Å². The molecule has 8 heteroatoms. The van der Waals surface area contributed by atoms with Crippen molar-refractivity contribution in [2.45, 2.75) is 0 Å². The molecule has 18 heavy (non-hydrogen) atoms. The fraction of sp³-hybridized carbons (Fsp3) is 0.400. The van der Waals surface area contributed by atoms with Crippen molar-refractivity contribution in [2.75, 3.05) is 31.7 Å². The molecule has 2 heterocycles. The molecule has 1 saturated heterocycles. The first-order chi connectivity index (χ1) is 8.69. The van der Waals surface area contributed by atoms with Crippen LogP contribution >= 0.6 is 11.6 Å². The van der Waals surface area contributed by atoms with Crippen LogP contribution in [-0.2, 0) is 4.74 Å². The fourth-order valence-corrected chi connectivity index (χ4v) is 1.79. The van der Waals surface area contributed by atoms with E-state index in [0.29, 0.717) is 37.7 Å². The van der Waals surface area contributed by atoms with Crippen LogP contribution < -0.4 is 16.7 Å². The molecule has 0 spiro atoms. The molecule has 0 aromatic carbocycles. The molecule has 1 aliphatic rings. The zero-order valence-corrected chi connectivity index (χ0v) is 10.4. The largest absolute Gasteiger partial charge is 0.379 e. The van der Waals surface area contributed by atoms with Gasteiger partial charge in [0.25, 0.3) is 5.91 Å². The number of hydrazine groups is 2. The molecular formula is C10H14ClN5O2. The Morgan fingerprint density at radius 2 is 2.17 bits per heavy atom. The van der Waals surface area contributed by atoms with Gasteiger partial charge in [0.2, 0.25) is 0 Å². The summed E-state index contributed by atoms with van der Waals surface area (Å²) in [6.45, 7) is 2.53. The van der Waals surface area contributed by atoms with Gasteiger partial charge in [-0.25, -0.2) is 15.8 Å². The molecule has 1 amide bonds. The van der Waals surface area contributed by atoms with Crippen molar-refractivity contribution in [3.8, 4) is 0 Å². The zero-order chi connectivity index (χ0) is 13.0. The van der Waals surface area contributed by atoms with Crippen molar-refractivity contribution in [1.82, 2.24) is 15.4 Å². The number of amides is 1. The lowest BCUT2D eigenvalue weighted by molar-refractivity contribution is 0.0126. The molecule has 0 saturated carbocycles. The topological polar surface area (TPSA) is 92.5 Å². The Hall–Kier alpha value is -1.41. The molecule has 1 aromatic rings. The number of morpholine rings is 1. The van der Waals surface area contributed by atoms with Crippen molar-refractivity contribution < 1.29 is 9.53 Å². The van der Waals surface area contributed by atoms with Crippen molar-refractivity contribution >= 4 is 23.3 Å². The highest BCUT2D eigenvalue weighted by molar-refractivity contribution is 6.29. The fourth-order valence-electron chi connectivity index (χ4n) is 1.59. The summed E-state index contributed by atoms with van der Waals surface area (Å²) < 4.78 is 5.19. The second kappa shape index (κ2) is 5.96. The van der Waals surface area contributed by atoms with Crippen molar-refractivity contribution in [1.29, 1.82) is 0 Å². The molecule has 1 aromatic heterocycles. The van der Waals surface area contributed by atoms with E-state index in [-0.39, 0.29) is 11.1 Å². The van der Waals surface area contributed by atoms with Crippen molar-refractivity contribution in [3.05, 3.63) is 22.8 Å². The molecule has 1 fully saturated rings. The van der Waals surface area contributed by atoms with Crippen molar-refractivity contribution in [2.24, 2.45) is 5.84 Å². The number of hydrogen-bond acceptors (Lipinski definition) is 6. The number of ether oxygens (including phenoxy) is 1. The van der Waals surface area contributed by atoms with Crippen LogP contribution in [0.3, 0.4) is 0 Å². The minimum atomic E-state index is -0.252. The van der Waals surface area contributed by atoms with Gasteiger partial charge in [-0.3, -0.25) is 10.2 Å².